The van der Waals surface area contributed by atoms with Gasteiger partial charge in [-0.1, -0.05) is 46.9 Å². The molecule has 0 radical (unpaired) electrons. The van der Waals surface area contributed by atoms with Gasteiger partial charge in [0.05, 0.1) is 33.8 Å². The number of aromatic hydroxyl groups is 1. The van der Waals surface area contributed by atoms with Crippen molar-refractivity contribution in [2.75, 3.05) is 12.0 Å². The van der Waals surface area contributed by atoms with Crippen LogP contribution in [0.15, 0.2) is 66.2 Å². The number of hydrogen-bond acceptors (Lipinski definition) is 5. The summed E-state index contributed by atoms with van der Waals surface area (Å²) in [4.78, 5) is 27.5. The number of amides is 1. The quantitative estimate of drug-likeness (QED) is 0.259. The Hall–Kier alpha value is -3.19. The number of carbonyl (C=O) groups is 2. The molecule has 0 saturated carbocycles. The topological polar surface area (TPSA) is 87.1 Å². The van der Waals surface area contributed by atoms with Gasteiger partial charge in [0.25, 0.3) is 11.7 Å². The highest BCUT2D eigenvalue weighted by atomic mass is 35.5. The lowest BCUT2D eigenvalue weighted by molar-refractivity contribution is -0.132. The summed E-state index contributed by atoms with van der Waals surface area (Å²) in [5.41, 5.74) is 0.908. The second kappa shape index (κ2) is 8.98. The molecule has 168 valence electrons. The van der Waals surface area contributed by atoms with Crippen molar-refractivity contribution in [3.8, 4) is 11.5 Å². The molecule has 1 heterocycles. The fourth-order valence-electron chi connectivity index (χ4n) is 3.67. The molecule has 1 atom stereocenters. The van der Waals surface area contributed by atoms with E-state index in [9.17, 15) is 19.8 Å². The fraction of sp³-hybridized carbons (Fsp3) is 0.0833. The van der Waals surface area contributed by atoms with Crippen molar-refractivity contribution < 1.29 is 24.5 Å². The van der Waals surface area contributed by atoms with Crippen LogP contribution in [0.1, 0.15) is 17.2 Å². The van der Waals surface area contributed by atoms with Crippen LogP contribution in [0.25, 0.3) is 5.76 Å². The predicted octanol–water partition coefficient (Wildman–Crippen LogP) is 5.99. The van der Waals surface area contributed by atoms with E-state index in [4.69, 9.17) is 39.5 Å². The number of methoxy groups -OCH3 is 1. The van der Waals surface area contributed by atoms with E-state index in [0.717, 1.165) is 0 Å². The number of anilines is 1. The maximum Gasteiger partial charge on any atom is 0.300 e. The Kier molecular flexibility index (Phi) is 6.26. The molecule has 1 aliphatic rings. The van der Waals surface area contributed by atoms with E-state index in [2.05, 4.69) is 0 Å². The van der Waals surface area contributed by atoms with Gasteiger partial charge in [0.1, 0.15) is 17.3 Å². The first kappa shape index (κ1) is 23.0. The number of rotatable bonds is 4. The monoisotopic (exact) mass is 503 g/mol. The molecule has 1 amide bonds. The Morgan fingerprint density at radius 3 is 2.21 bits per heavy atom. The van der Waals surface area contributed by atoms with Crippen molar-refractivity contribution in [2.24, 2.45) is 0 Å². The smallest absolute Gasteiger partial charge is 0.300 e. The van der Waals surface area contributed by atoms with Gasteiger partial charge in [0.15, 0.2) is 0 Å². The van der Waals surface area contributed by atoms with Crippen LogP contribution in [0.3, 0.4) is 0 Å². The van der Waals surface area contributed by atoms with Crippen LogP contribution in [0, 0.1) is 0 Å². The van der Waals surface area contributed by atoms with Crippen LogP contribution in [0.4, 0.5) is 5.69 Å². The van der Waals surface area contributed by atoms with Gasteiger partial charge < -0.3 is 14.9 Å². The highest BCUT2D eigenvalue weighted by Gasteiger charge is 2.47. The lowest BCUT2D eigenvalue weighted by Gasteiger charge is -2.25. The van der Waals surface area contributed by atoms with Crippen molar-refractivity contribution in [2.45, 2.75) is 6.04 Å². The first-order valence-corrected chi connectivity index (χ1v) is 10.7. The summed E-state index contributed by atoms with van der Waals surface area (Å²) >= 11 is 18.3. The number of nitrogens with zero attached hydrogens (tertiary/aromatic N) is 1. The van der Waals surface area contributed by atoms with Crippen LogP contribution in [0.2, 0.25) is 15.1 Å². The van der Waals surface area contributed by atoms with Crippen LogP contribution < -0.4 is 9.64 Å². The van der Waals surface area contributed by atoms with Crippen LogP contribution >= 0.6 is 34.8 Å². The Morgan fingerprint density at radius 2 is 1.58 bits per heavy atom. The predicted molar refractivity (Wildman–Crippen MR) is 127 cm³/mol. The van der Waals surface area contributed by atoms with Gasteiger partial charge in [-0.3, -0.25) is 14.5 Å². The molecular formula is C24H16Cl3NO5. The molecule has 4 rings (SSSR count). The molecule has 0 aliphatic carbocycles. The van der Waals surface area contributed by atoms with Gasteiger partial charge in [0, 0.05) is 11.3 Å². The van der Waals surface area contributed by atoms with E-state index in [-0.39, 0.29) is 26.9 Å². The van der Waals surface area contributed by atoms with Crippen molar-refractivity contribution in [3.63, 3.8) is 0 Å². The van der Waals surface area contributed by atoms with Crippen molar-refractivity contribution in [1.29, 1.82) is 0 Å². The minimum atomic E-state index is -0.996. The Bertz CT molecular complexity index is 1300. The molecule has 2 N–H and O–H groups in total. The van der Waals surface area contributed by atoms with E-state index in [1.807, 2.05) is 0 Å². The Labute approximate surface area is 204 Å². The number of phenolic OH excluding ortho intramolecular Hbond substituents is 1. The normalized spacial score (nSPS) is 17.5. The molecule has 1 aliphatic heterocycles. The molecule has 0 aromatic heterocycles. The van der Waals surface area contributed by atoms with E-state index in [1.54, 1.807) is 18.2 Å². The molecule has 3 aromatic carbocycles. The van der Waals surface area contributed by atoms with Gasteiger partial charge >= 0.3 is 0 Å². The second-order valence-corrected chi connectivity index (χ2v) is 8.43. The number of halogens is 3. The van der Waals surface area contributed by atoms with E-state index in [0.29, 0.717) is 22.0 Å². The lowest BCUT2D eigenvalue weighted by Crippen LogP contribution is -2.29. The second-order valence-electron chi connectivity index (χ2n) is 7.21. The summed E-state index contributed by atoms with van der Waals surface area (Å²) in [6, 6.07) is 14.0. The summed E-state index contributed by atoms with van der Waals surface area (Å²) in [7, 11) is 1.42. The number of ether oxygens (including phenoxy) is 1. The van der Waals surface area contributed by atoms with E-state index < -0.39 is 23.5 Å². The van der Waals surface area contributed by atoms with Gasteiger partial charge in [-0.05, 0) is 54.1 Å². The van der Waals surface area contributed by atoms with Crippen molar-refractivity contribution in [3.05, 3.63) is 92.4 Å². The summed E-state index contributed by atoms with van der Waals surface area (Å²) < 4.78 is 5.20. The fourth-order valence-corrected chi connectivity index (χ4v) is 4.16. The zero-order chi connectivity index (χ0) is 23.9. The van der Waals surface area contributed by atoms with Gasteiger partial charge in [-0.25, -0.2) is 0 Å². The van der Waals surface area contributed by atoms with Gasteiger partial charge in [-0.2, -0.15) is 0 Å². The summed E-state index contributed by atoms with van der Waals surface area (Å²) in [6.07, 6.45) is 0. The highest BCUT2D eigenvalue weighted by Crippen LogP contribution is 2.44. The number of Topliss-reactive ketones (excluding diaryl/α,β-unsaturated/α-hetero) is 1. The standard InChI is InChI=1S/C24H16Cl3NO5/c1-33-19-10-13(4-8-17(19)26)22(30)20-21(12-2-6-15(29)7-3-12)28(24(32)23(20)31)14-5-9-16(25)18(27)11-14/h2-11,21,29-30H,1H3/b22-20+. The average molecular weight is 505 g/mol. The Morgan fingerprint density at radius 1 is 0.909 bits per heavy atom. The van der Waals surface area contributed by atoms with Crippen LogP contribution in [0.5, 0.6) is 11.5 Å². The molecule has 33 heavy (non-hydrogen) atoms. The number of benzene rings is 3. The number of aliphatic hydroxyl groups is 1. The van der Waals surface area contributed by atoms with Crippen LogP contribution in [-0.4, -0.2) is 29.0 Å². The van der Waals surface area contributed by atoms with E-state index in [1.165, 1.54) is 54.5 Å². The van der Waals surface area contributed by atoms with Gasteiger partial charge in [-0.15, -0.1) is 0 Å². The minimum absolute atomic E-state index is 0.00711. The molecule has 0 spiro atoms. The van der Waals surface area contributed by atoms with Crippen LogP contribution in [-0.2, 0) is 9.59 Å². The van der Waals surface area contributed by atoms with Crippen molar-refractivity contribution >= 4 is 57.9 Å². The number of aliphatic hydroxyl groups excluding tert-OH is 1. The first-order chi connectivity index (χ1) is 15.7. The number of phenols is 1. The molecule has 1 fully saturated rings. The largest absolute Gasteiger partial charge is 0.508 e. The maximum atomic E-state index is 13.2. The average Bonchev–Trinajstić information content (AvgIpc) is 3.06. The SMILES string of the molecule is COc1cc(/C(O)=C2\C(=O)C(=O)N(c3ccc(Cl)c(Cl)c3)C2c2ccc(O)cc2)ccc1Cl. The summed E-state index contributed by atoms with van der Waals surface area (Å²) in [6.45, 7) is 0. The molecule has 9 heteroatoms. The van der Waals surface area contributed by atoms with E-state index >= 15 is 0 Å². The minimum Gasteiger partial charge on any atom is -0.508 e. The molecular weight excluding hydrogens is 489 g/mol. The number of carbonyl (C=O) groups excluding carboxylic acids is 2. The van der Waals surface area contributed by atoms with Gasteiger partial charge in [0.2, 0.25) is 0 Å². The number of hydrogen-bond donors (Lipinski definition) is 2. The molecule has 6 nitrogen and oxygen atoms in total. The third-order valence-corrected chi connectivity index (χ3v) is 6.31. The first-order valence-electron chi connectivity index (χ1n) is 9.61. The maximum absolute atomic E-state index is 13.2. The zero-order valence-electron chi connectivity index (χ0n) is 17.1. The third-order valence-electron chi connectivity index (χ3n) is 5.26. The molecule has 1 unspecified atom stereocenters. The highest BCUT2D eigenvalue weighted by molar-refractivity contribution is 6.52. The summed E-state index contributed by atoms with van der Waals surface area (Å²) in [5, 5.41) is 21.7. The zero-order valence-corrected chi connectivity index (χ0v) is 19.3. The summed E-state index contributed by atoms with van der Waals surface area (Å²) in [5.74, 6) is -1.84. The molecule has 3 aromatic rings. The lowest BCUT2D eigenvalue weighted by atomic mass is 9.95. The third kappa shape index (κ3) is 4.13. The molecule has 0 bridgehead atoms. The molecule has 1 saturated heterocycles. The number of ketones is 1. The Balaban J connectivity index is 1.95. The van der Waals surface area contributed by atoms with Crippen molar-refractivity contribution in [1.82, 2.24) is 0 Å².